The van der Waals surface area contributed by atoms with Crippen molar-refractivity contribution < 1.29 is 4.74 Å². The van der Waals surface area contributed by atoms with Gasteiger partial charge >= 0.3 is 0 Å². The SMILES string of the molecule is CCNC(=NCC1(c2ccccc2C)CCOCC1)NC(C)C(C)C. The lowest BCUT2D eigenvalue weighted by atomic mass is 9.72. The van der Waals surface area contributed by atoms with Crippen LogP contribution in [0.1, 0.15) is 51.7 Å². The summed E-state index contributed by atoms with van der Waals surface area (Å²) in [4.78, 5) is 4.99. The summed E-state index contributed by atoms with van der Waals surface area (Å²) in [5.74, 6) is 1.49. The quantitative estimate of drug-likeness (QED) is 0.611. The molecule has 0 spiro atoms. The van der Waals surface area contributed by atoms with Gasteiger partial charge in [0, 0.05) is 31.2 Å². The summed E-state index contributed by atoms with van der Waals surface area (Å²) in [7, 11) is 0. The van der Waals surface area contributed by atoms with Gasteiger partial charge in [-0.05, 0) is 50.7 Å². The second-order valence-corrected chi connectivity index (χ2v) is 7.58. The van der Waals surface area contributed by atoms with Gasteiger partial charge in [0.25, 0.3) is 0 Å². The lowest BCUT2D eigenvalue weighted by molar-refractivity contribution is 0.0529. The van der Waals surface area contributed by atoms with Gasteiger partial charge in [0.1, 0.15) is 0 Å². The number of nitrogens with one attached hydrogen (secondary N) is 2. The van der Waals surface area contributed by atoms with Crippen LogP contribution in [0.2, 0.25) is 0 Å². The van der Waals surface area contributed by atoms with Gasteiger partial charge in [-0.15, -0.1) is 0 Å². The summed E-state index contributed by atoms with van der Waals surface area (Å²) in [5.41, 5.74) is 2.86. The molecule has 1 aliphatic heterocycles. The molecule has 1 fully saturated rings. The zero-order valence-electron chi connectivity index (χ0n) is 16.6. The van der Waals surface area contributed by atoms with Gasteiger partial charge in [0.2, 0.25) is 0 Å². The number of benzene rings is 1. The summed E-state index contributed by atoms with van der Waals surface area (Å²) in [6, 6.07) is 9.13. The Morgan fingerprint density at radius 1 is 1.20 bits per heavy atom. The minimum Gasteiger partial charge on any atom is -0.381 e. The zero-order chi connectivity index (χ0) is 18.3. The van der Waals surface area contributed by atoms with Crippen LogP contribution in [0, 0.1) is 12.8 Å². The third kappa shape index (κ3) is 5.21. The number of guanidine groups is 1. The number of aliphatic imine (C=N–C) groups is 1. The van der Waals surface area contributed by atoms with Crippen LogP contribution in [-0.2, 0) is 10.2 Å². The Balaban J connectivity index is 2.24. The van der Waals surface area contributed by atoms with E-state index in [-0.39, 0.29) is 5.41 Å². The van der Waals surface area contributed by atoms with Crippen LogP contribution in [0.3, 0.4) is 0 Å². The van der Waals surface area contributed by atoms with Crippen molar-refractivity contribution in [2.24, 2.45) is 10.9 Å². The molecular weight excluding hydrogens is 310 g/mol. The van der Waals surface area contributed by atoms with Gasteiger partial charge in [-0.1, -0.05) is 38.1 Å². The first kappa shape index (κ1) is 19.8. The molecule has 2 N–H and O–H groups in total. The molecule has 1 heterocycles. The normalized spacial score (nSPS) is 18.9. The van der Waals surface area contributed by atoms with Crippen LogP contribution < -0.4 is 10.6 Å². The molecule has 0 aliphatic carbocycles. The van der Waals surface area contributed by atoms with Gasteiger partial charge in [0.15, 0.2) is 5.96 Å². The second-order valence-electron chi connectivity index (χ2n) is 7.58. The Labute approximate surface area is 153 Å². The standard InChI is InChI=1S/C21H35N3O/c1-6-22-20(24-18(5)16(2)3)23-15-21(11-13-25-14-12-21)19-10-8-7-9-17(19)4/h7-10,16,18H,6,11-15H2,1-5H3,(H2,22,23,24). The molecule has 1 aliphatic rings. The van der Waals surface area contributed by atoms with E-state index in [1.54, 1.807) is 0 Å². The molecule has 1 saturated heterocycles. The van der Waals surface area contributed by atoms with Crippen molar-refractivity contribution in [2.75, 3.05) is 26.3 Å². The van der Waals surface area contributed by atoms with Gasteiger partial charge in [-0.3, -0.25) is 4.99 Å². The van der Waals surface area contributed by atoms with Crippen molar-refractivity contribution in [2.45, 2.75) is 58.9 Å². The van der Waals surface area contributed by atoms with Crippen molar-refractivity contribution in [1.29, 1.82) is 0 Å². The predicted molar refractivity (Wildman–Crippen MR) is 106 cm³/mol. The molecule has 1 aromatic carbocycles. The predicted octanol–water partition coefficient (Wildman–Crippen LogP) is 3.64. The number of hydrogen-bond donors (Lipinski definition) is 2. The molecule has 0 aromatic heterocycles. The largest absolute Gasteiger partial charge is 0.381 e. The van der Waals surface area contributed by atoms with Gasteiger partial charge in [-0.25, -0.2) is 0 Å². The fourth-order valence-corrected chi connectivity index (χ4v) is 3.38. The van der Waals surface area contributed by atoms with Crippen molar-refractivity contribution in [3.05, 3.63) is 35.4 Å². The molecule has 1 unspecified atom stereocenters. The lowest BCUT2D eigenvalue weighted by Crippen LogP contribution is -2.45. The molecule has 4 nitrogen and oxygen atoms in total. The highest BCUT2D eigenvalue weighted by atomic mass is 16.5. The smallest absolute Gasteiger partial charge is 0.191 e. The Hall–Kier alpha value is -1.55. The fraction of sp³-hybridized carbons (Fsp3) is 0.667. The molecule has 0 bridgehead atoms. The highest BCUT2D eigenvalue weighted by Gasteiger charge is 2.35. The number of nitrogens with zero attached hydrogens (tertiary/aromatic N) is 1. The van der Waals surface area contributed by atoms with E-state index in [0.29, 0.717) is 12.0 Å². The van der Waals surface area contributed by atoms with Gasteiger partial charge < -0.3 is 15.4 Å². The Bertz CT molecular complexity index is 562. The summed E-state index contributed by atoms with van der Waals surface area (Å²) < 4.78 is 5.66. The molecule has 0 radical (unpaired) electrons. The first-order valence-electron chi connectivity index (χ1n) is 9.67. The highest BCUT2D eigenvalue weighted by Crippen LogP contribution is 2.37. The van der Waals surface area contributed by atoms with Crippen LogP contribution in [0.5, 0.6) is 0 Å². The number of rotatable bonds is 6. The summed E-state index contributed by atoms with van der Waals surface area (Å²) >= 11 is 0. The van der Waals surface area contributed by atoms with E-state index >= 15 is 0 Å². The monoisotopic (exact) mass is 345 g/mol. The number of aryl methyl sites for hydroxylation is 1. The molecule has 140 valence electrons. The molecule has 4 heteroatoms. The van der Waals surface area contributed by atoms with Gasteiger partial charge in [-0.2, -0.15) is 0 Å². The van der Waals surface area contributed by atoms with Crippen molar-refractivity contribution in [3.63, 3.8) is 0 Å². The maximum absolute atomic E-state index is 5.66. The van der Waals surface area contributed by atoms with E-state index in [9.17, 15) is 0 Å². The molecule has 25 heavy (non-hydrogen) atoms. The third-order valence-corrected chi connectivity index (χ3v) is 5.41. The van der Waals surface area contributed by atoms with Crippen LogP contribution >= 0.6 is 0 Å². The number of hydrogen-bond acceptors (Lipinski definition) is 2. The van der Waals surface area contributed by atoms with Crippen molar-refractivity contribution in [3.8, 4) is 0 Å². The molecule has 2 rings (SSSR count). The van der Waals surface area contributed by atoms with Crippen molar-refractivity contribution >= 4 is 5.96 Å². The number of ether oxygens (including phenoxy) is 1. The Morgan fingerprint density at radius 2 is 1.88 bits per heavy atom. The minimum absolute atomic E-state index is 0.0764. The third-order valence-electron chi connectivity index (χ3n) is 5.41. The topological polar surface area (TPSA) is 45.7 Å². The minimum atomic E-state index is 0.0764. The average Bonchev–Trinajstić information content (AvgIpc) is 2.61. The summed E-state index contributed by atoms with van der Waals surface area (Å²) in [6.07, 6.45) is 2.06. The Morgan fingerprint density at radius 3 is 2.48 bits per heavy atom. The molecular formula is C21H35N3O. The van der Waals surface area contributed by atoms with Crippen molar-refractivity contribution in [1.82, 2.24) is 10.6 Å². The molecule has 0 saturated carbocycles. The van der Waals surface area contributed by atoms with E-state index in [0.717, 1.165) is 45.1 Å². The lowest BCUT2D eigenvalue weighted by Gasteiger charge is -2.38. The van der Waals surface area contributed by atoms with E-state index < -0.39 is 0 Å². The first-order valence-corrected chi connectivity index (χ1v) is 9.67. The van der Waals surface area contributed by atoms with E-state index in [4.69, 9.17) is 9.73 Å². The van der Waals surface area contributed by atoms with E-state index in [1.807, 2.05) is 0 Å². The average molecular weight is 346 g/mol. The first-order chi connectivity index (χ1) is 12.0. The molecule has 1 atom stereocenters. The fourth-order valence-electron chi connectivity index (χ4n) is 3.38. The van der Waals surface area contributed by atoms with Crippen LogP contribution in [-0.4, -0.2) is 38.3 Å². The van der Waals surface area contributed by atoms with Crippen LogP contribution in [0.4, 0.5) is 0 Å². The van der Waals surface area contributed by atoms with Crippen LogP contribution in [0.15, 0.2) is 29.3 Å². The summed E-state index contributed by atoms with van der Waals surface area (Å²) in [6.45, 7) is 14.3. The van der Waals surface area contributed by atoms with Crippen LogP contribution in [0.25, 0.3) is 0 Å². The van der Waals surface area contributed by atoms with Gasteiger partial charge in [0.05, 0.1) is 6.54 Å². The zero-order valence-corrected chi connectivity index (χ0v) is 16.6. The Kier molecular flexibility index (Phi) is 7.30. The van der Waals surface area contributed by atoms with E-state index in [1.165, 1.54) is 11.1 Å². The molecule has 0 amide bonds. The second kappa shape index (κ2) is 9.23. The summed E-state index contributed by atoms with van der Waals surface area (Å²) in [5, 5.41) is 6.95. The molecule has 1 aromatic rings. The van der Waals surface area contributed by atoms with E-state index in [2.05, 4.69) is 69.5 Å². The highest BCUT2D eigenvalue weighted by molar-refractivity contribution is 5.80. The maximum atomic E-state index is 5.66. The maximum Gasteiger partial charge on any atom is 0.191 e.